The van der Waals surface area contributed by atoms with E-state index in [4.69, 9.17) is 0 Å². The minimum Gasteiger partial charge on any atom is -0.294 e. The number of ketones is 1. The Bertz CT molecular complexity index is 951. The summed E-state index contributed by atoms with van der Waals surface area (Å²) in [7, 11) is 0. The van der Waals surface area contributed by atoms with Crippen LogP contribution in [-0.2, 0) is 6.42 Å². The fraction of sp³-hybridized carbons (Fsp3) is 0.0588. The van der Waals surface area contributed by atoms with Crippen molar-refractivity contribution in [1.29, 1.82) is 0 Å². The number of fused-ring (bicyclic) bond motifs is 2. The standard InChI is InChI=1S/C17H12N2OS/c20-16(14-10-18-19-8-4-3-6-15(14)19)9-12-11-21-17-7-2-1-5-13(12)17/h1-8,10-11H,9H2. The zero-order valence-electron chi connectivity index (χ0n) is 11.2. The number of nitrogens with zero attached hydrogens (tertiary/aromatic N) is 2. The van der Waals surface area contributed by atoms with Gasteiger partial charge in [0.1, 0.15) is 0 Å². The zero-order chi connectivity index (χ0) is 14.2. The number of pyridine rings is 1. The Morgan fingerprint density at radius 2 is 2.00 bits per heavy atom. The van der Waals surface area contributed by atoms with Crippen LogP contribution in [0.3, 0.4) is 0 Å². The zero-order valence-corrected chi connectivity index (χ0v) is 12.0. The highest BCUT2D eigenvalue weighted by Gasteiger charge is 2.15. The summed E-state index contributed by atoms with van der Waals surface area (Å²) >= 11 is 1.68. The van der Waals surface area contributed by atoms with E-state index in [9.17, 15) is 4.79 Å². The van der Waals surface area contributed by atoms with Gasteiger partial charge in [-0.2, -0.15) is 5.10 Å². The first-order chi connectivity index (χ1) is 10.3. The van der Waals surface area contributed by atoms with E-state index in [0.29, 0.717) is 12.0 Å². The average Bonchev–Trinajstić information content (AvgIpc) is 3.12. The van der Waals surface area contributed by atoms with Gasteiger partial charge in [0, 0.05) is 17.3 Å². The minimum atomic E-state index is 0.111. The van der Waals surface area contributed by atoms with Crippen LogP contribution in [0, 0.1) is 0 Å². The summed E-state index contributed by atoms with van der Waals surface area (Å²) in [4.78, 5) is 12.6. The van der Waals surface area contributed by atoms with Crippen LogP contribution in [-0.4, -0.2) is 15.4 Å². The van der Waals surface area contributed by atoms with Gasteiger partial charge in [-0.15, -0.1) is 11.3 Å². The molecule has 21 heavy (non-hydrogen) atoms. The molecule has 1 aromatic carbocycles. The summed E-state index contributed by atoms with van der Waals surface area (Å²) in [6, 6.07) is 13.9. The predicted molar refractivity (Wildman–Crippen MR) is 85.1 cm³/mol. The topological polar surface area (TPSA) is 34.4 Å². The van der Waals surface area contributed by atoms with Gasteiger partial charge in [0.05, 0.1) is 17.3 Å². The maximum Gasteiger partial charge on any atom is 0.171 e. The highest BCUT2D eigenvalue weighted by atomic mass is 32.1. The highest BCUT2D eigenvalue weighted by Crippen LogP contribution is 2.27. The van der Waals surface area contributed by atoms with Gasteiger partial charge in [-0.25, -0.2) is 4.52 Å². The van der Waals surface area contributed by atoms with Crippen LogP contribution < -0.4 is 0 Å². The Labute approximate surface area is 125 Å². The largest absolute Gasteiger partial charge is 0.294 e. The van der Waals surface area contributed by atoms with Gasteiger partial charge in [-0.1, -0.05) is 24.3 Å². The molecular formula is C17H12N2OS. The van der Waals surface area contributed by atoms with E-state index >= 15 is 0 Å². The van der Waals surface area contributed by atoms with Crippen molar-refractivity contribution in [2.45, 2.75) is 6.42 Å². The summed E-state index contributed by atoms with van der Waals surface area (Å²) in [6.07, 6.45) is 3.93. The summed E-state index contributed by atoms with van der Waals surface area (Å²) in [5.41, 5.74) is 2.64. The van der Waals surface area contributed by atoms with Gasteiger partial charge in [-0.3, -0.25) is 4.79 Å². The second-order valence-corrected chi connectivity index (χ2v) is 5.86. The minimum absolute atomic E-state index is 0.111. The maximum atomic E-state index is 12.6. The van der Waals surface area contributed by atoms with E-state index in [1.54, 1.807) is 22.0 Å². The molecule has 4 rings (SSSR count). The molecule has 0 aliphatic carbocycles. The Morgan fingerprint density at radius 3 is 2.95 bits per heavy atom. The third kappa shape index (κ3) is 2.04. The molecule has 0 aliphatic rings. The van der Waals surface area contributed by atoms with Crippen LogP contribution in [0.15, 0.2) is 60.2 Å². The van der Waals surface area contributed by atoms with Crippen molar-refractivity contribution in [2.75, 3.05) is 0 Å². The molecule has 0 amide bonds. The molecule has 0 saturated carbocycles. The summed E-state index contributed by atoms with van der Waals surface area (Å²) in [6.45, 7) is 0. The summed E-state index contributed by atoms with van der Waals surface area (Å²) < 4.78 is 2.96. The quantitative estimate of drug-likeness (QED) is 0.535. The number of Topliss-reactive ketones (excluding diaryl/α,β-unsaturated/α-hetero) is 1. The van der Waals surface area contributed by atoms with Crippen LogP contribution in [0.4, 0.5) is 0 Å². The molecule has 0 N–H and O–H groups in total. The maximum absolute atomic E-state index is 12.6. The van der Waals surface area contributed by atoms with Crippen LogP contribution in [0.2, 0.25) is 0 Å². The third-order valence-electron chi connectivity index (χ3n) is 3.64. The number of carbonyl (C=O) groups excluding carboxylic acids is 1. The first-order valence-electron chi connectivity index (χ1n) is 6.73. The van der Waals surface area contributed by atoms with Crippen molar-refractivity contribution >= 4 is 32.7 Å². The smallest absolute Gasteiger partial charge is 0.171 e. The molecule has 0 bridgehead atoms. The predicted octanol–water partition coefficient (Wildman–Crippen LogP) is 3.97. The molecule has 4 aromatic rings. The van der Waals surface area contributed by atoms with Crippen LogP contribution >= 0.6 is 11.3 Å². The van der Waals surface area contributed by atoms with E-state index in [0.717, 1.165) is 11.1 Å². The lowest BCUT2D eigenvalue weighted by Gasteiger charge is -1.99. The molecule has 3 aromatic heterocycles. The van der Waals surface area contributed by atoms with Crippen molar-refractivity contribution in [3.8, 4) is 0 Å². The van der Waals surface area contributed by atoms with Crippen molar-refractivity contribution in [2.24, 2.45) is 0 Å². The molecule has 0 unspecified atom stereocenters. The van der Waals surface area contributed by atoms with Crippen molar-refractivity contribution in [1.82, 2.24) is 9.61 Å². The van der Waals surface area contributed by atoms with E-state index in [-0.39, 0.29) is 5.78 Å². The molecule has 3 heterocycles. The molecule has 0 spiro atoms. The van der Waals surface area contributed by atoms with E-state index < -0.39 is 0 Å². The van der Waals surface area contributed by atoms with E-state index in [2.05, 4.69) is 22.6 Å². The number of hydrogen-bond donors (Lipinski definition) is 0. The molecule has 3 nitrogen and oxygen atoms in total. The Morgan fingerprint density at radius 1 is 1.14 bits per heavy atom. The first-order valence-corrected chi connectivity index (χ1v) is 7.61. The molecule has 4 heteroatoms. The Hall–Kier alpha value is -2.46. The van der Waals surface area contributed by atoms with E-state index in [1.165, 1.54) is 10.1 Å². The fourth-order valence-corrected chi connectivity index (χ4v) is 3.55. The van der Waals surface area contributed by atoms with Crippen LogP contribution in [0.25, 0.3) is 15.6 Å². The normalized spacial score (nSPS) is 11.2. The van der Waals surface area contributed by atoms with Crippen molar-refractivity contribution in [3.05, 3.63) is 71.4 Å². The van der Waals surface area contributed by atoms with Gasteiger partial charge >= 0.3 is 0 Å². The van der Waals surface area contributed by atoms with Gasteiger partial charge in [0.2, 0.25) is 0 Å². The van der Waals surface area contributed by atoms with Gasteiger partial charge in [0.25, 0.3) is 0 Å². The average molecular weight is 292 g/mol. The summed E-state index contributed by atoms with van der Waals surface area (Å²) in [5.74, 6) is 0.111. The molecule has 0 saturated heterocycles. The monoisotopic (exact) mass is 292 g/mol. The lowest BCUT2D eigenvalue weighted by Crippen LogP contribution is -2.02. The molecule has 0 fully saturated rings. The van der Waals surface area contributed by atoms with Gasteiger partial charge in [0.15, 0.2) is 5.78 Å². The van der Waals surface area contributed by atoms with Crippen molar-refractivity contribution < 1.29 is 4.79 Å². The third-order valence-corrected chi connectivity index (χ3v) is 4.65. The number of benzene rings is 1. The van der Waals surface area contributed by atoms with Gasteiger partial charge in [-0.05, 0) is 34.5 Å². The van der Waals surface area contributed by atoms with Crippen molar-refractivity contribution in [3.63, 3.8) is 0 Å². The lowest BCUT2D eigenvalue weighted by molar-refractivity contribution is 0.0995. The number of hydrogen-bond acceptors (Lipinski definition) is 3. The number of rotatable bonds is 3. The molecule has 102 valence electrons. The second-order valence-electron chi connectivity index (χ2n) is 4.95. The number of carbonyl (C=O) groups is 1. The molecular weight excluding hydrogens is 280 g/mol. The van der Waals surface area contributed by atoms with Crippen LogP contribution in [0.1, 0.15) is 15.9 Å². The van der Waals surface area contributed by atoms with Crippen LogP contribution in [0.5, 0.6) is 0 Å². The van der Waals surface area contributed by atoms with E-state index in [1.807, 2.05) is 36.5 Å². The molecule has 0 aliphatic heterocycles. The Kier molecular flexibility index (Phi) is 2.82. The first kappa shape index (κ1) is 12.3. The highest BCUT2D eigenvalue weighted by molar-refractivity contribution is 7.17. The fourth-order valence-electron chi connectivity index (χ4n) is 2.59. The SMILES string of the molecule is O=C(Cc1csc2ccccc12)c1cnn2ccccc12. The second kappa shape index (κ2) is 4.82. The van der Waals surface area contributed by atoms with Gasteiger partial charge < -0.3 is 0 Å². The molecule has 0 radical (unpaired) electrons. The number of aromatic nitrogens is 2. The summed E-state index contributed by atoms with van der Waals surface area (Å²) in [5, 5.41) is 7.48. The lowest BCUT2D eigenvalue weighted by atomic mass is 10.0. The number of thiophene rings is 1. The Balaban J connectivity index is 1.72. The molecule has 0 atom stereocenters.